The van der Waals surface area contributed by atoms with Gasteiger partial charge in [-0.3, -0.25) is 0 Å². The molecule has 0 unspecified atom stereocenters. The second-order valence-electron chi connectivity index (χ2n) is 2.92. The zero-order valence-corrected chi connectivity index (χ0v) is 7.92. The Bertz CT molecular complexity index is 188. The molecule has 0 spiro atoms. The predicted octanol–water partition coefficient (Wildman–Crippen LogP) is 2.43. The molecule has 0 saturated heterocycles. The van der Waals surface area contributed by atoms with Crippen molar-refractivity contribution in [3.05, 3.63) is 6.33 Å². The van der Waals surface area contributed by atoms with Crippen molar-refractivity contribution >= 4 is 23.3 Å². The summed E-state index contributed by atoms with van der Waals surface area (Å²) < 4.78 is 5.21. The van der Waals surface area contributed by atoms with Crippen LogP contribution in [0, 0.1) is 0 Å². The fraction of sp³-hybridized carbons (Fsp3) is 0.667. The van der Waals surface area contributed by atoms with Crippen LogP contribution in [0.15, 0.2) is 10.7 Å². The van der Waals surface area contributed by atoms with Gasteiger partial charge >= 0.3 is 0 Å². The summed E-state index contributed by atoms with van der Waals surface area (Å²) in [5.74, 6) is 0. The fourth-order valence-corrected chi connectivity index (χ4v) is 2.40. The van der Waals surface area contributed by atoms with E-state index in [1.165, 1.54) is 11.5 Å². The molecule has 4 heteroatoms. The molecule has 0 amide bonds. The number of hydrogen-bond acceptors (Lipinski definition) is 4. The fourth-order valence-electron chi connectivity index (χ4n) is 0.470. The molecule has 10 heavy (non-hydrogen) atoms. The van der Waals surface area contributed by atoms with Crippen molar-refractivity contribution in [1.82, 2.24) is 9.36 Å². The molecule has 1 aromatic rings. The van der Waals surface area contributed by atoms with Crippen LogP contribution in [0.5, 0.6) is 0 Å². The summed E-state index contributed by atoms with van der Waals surface area (Å²) in [6, 6.07) is 0. The van der Waals surface area contributed by atoms with Crippen LogP contribution >= 0.6 is 23.3 Å². The van der Waals surface area contributed by atoms with Crippen LogP contribution in [0.25, 0.3) is 0 Å². The van der Waals surface area contributed by atoms with Crippen LogP contribution < -0.4 is 0 Å². The van der Waals surface area contributed by atoms with E-state index in [0.717, 1.165) is 4.34 Å². The Labute approximate surface area is 69.2 Å². The maximum Gasteiger partial charge on any atom is 0.170 e. The quantitative estimate of drug-likeness (QED) is 0.611. The molecule has 0 bridgehead atoms. The van der Waals surface area contributed by atoms with Gasteiger partial charge in [0.15, 0.2) is 4.34 Å². The van der Waals surface area contributed by atoms with Gasteiger partial charge in [0, 0.05) is 4.75 Å². The average Bonchev–Trinajstić information content (AvgIpc) is 2.12. The SMILES string of the molecule is CC(C)(C)Sc1ncns1. The van der Waals surface area contributed by atoms with Crippen molar-refractivity contribution in [2.75, 3.05) is 0 Å². The van der Waals surface area contributed by atoms with Gasteiger partial charge < -0.3 is 0 Å². The minimum Gasteiger partial charge on any atom is -0.216 e. The molecule has 1 heterocycles. The normalized spacial score (nSPS) is 11.9. The van der Waals surface area contributed by atoms with Crippen molar-refractivity contribution in [1.29, 1.82) is 0 Å². The lowest BCUT2D eigenvalue weighted by Gasteiger charge is -2.13. The number of hydrogen-bond donors (Lipinski definition) is 0. The predicted molar refractivity (Wildman–Crippen MR) is 45.5 cm³/mol. The lowest BCUT2D eigenvalue weighted by atomic mass is 10.3. The van der Waals surface area contributed by atoms with E-state index in [-0.39, 0.29) is 4.75 Å². The summed E-state index contributed by atoms with van der Waals surface area (Å²) in [5, 5.41) is 0. The Kier molecular flexibility index (Phi) is 2.31. The van der Waals surface area contributed by atoms with Gasteiger partial charge in [-0.25, -0.2) is 4.98 Å². The van der Waals surface area contributed by atoms with Crippen molar-refractivity contribution in [3.63, 3.8) is 0 Å². The van der Waals surface area contributed by atoms with Gasteiger partial charge in [0.25, 0.3) is 0 Å². The van der Waals surface area contributed by atoms with Crippen molar-refractivity contribution in [3.8, 4) is 0 Å². The Hall–Kier alpha value is -0.0900. The molecule has 56 valence electrons. The van der Waals surface area contributed by atoms with Gasteiger partial charge in [-0.2, -0.15) is 4.37 Å². The highest BCUT2D eigenvalue weighted by atomic mass is 32.2. The first-order valence-corrected chi connectivity index (χ1v) is 4.62. The standard InChI is InChI=1S/C6H10N2S2/c1-6(2,3)9-5-7-4-8-10-5/h4H,1-3H3. The summed E-state index contributed by atoms with van der Waals surface area (Å²) in [4.78, 5) is 4.07. The molecular formula is C6H10N2S2. The zero-order valence-electron chi connectivity index (χ0n) is 6.29. The van der Waals surface area contributed by atoms with E-state index in [1.807, 2.05) is 0 Å². The summed E-state index contributed by atoms with van der Waals surface area (Å²) in [5.41, 5.74) is 0. The molecule has 0 aromatic carbocycles. The Morgan fingerprint density at radius 2 is 2.20 bits per heavy atom. The first kappa shape index (κ1) is 8.01. The van der Waals surface area contributed by atoms with Crippen LogP contribution in [0.4, 0.5) is 0 Å². The Morgan fingerprint density at radius 1 is 1.50 bits per heavy atom. The molecule has 0 fully saturated rings. The highest BCUT2D eigenvalue weighted by molar-refractivity contribution is 8.02. The van der Waals surface area contributed by atoms with E-state index in [0.29, 0.717) is 0 Å². The van der Waals surface area contributed by atoms with E-state index in [9.17, 15) is 0 Å². The average molecular weight is 174 g/mol. The molecule has 1 aromatic heterocycles. The molecular weight excluding hydrogens is 164 g/mol. The number of aromatic nitrogens is 2. The lowest BCUT2D eigenvalue weighted by molar-refractivity contribution is 0.802. The molecule has 0 radical (unpaired) electrons. The van der Waals surface area contributed by atoms with E-state index in [1.54, 1.807) is 18.1 Å². The number of rotatable bonds is 1. The maximum absolute atomic E-state index is 4.07. The zero-order chi connectivity index (χ0) is 7.61. The minimum absolute atomic E-state index is 0.250. The van der Waals surface area contributed by atoms with E-state index in [4.69, 9.17) is 0 Å². The number of thioether (sulfide) groups is 1. The van der Waals surface area contributed by atoms with Crippen LogP contribution in [0.2, 0.25) is 0 Å². The summed E-state index contributed by atoms with van der Waals surface area (Å²) in [6.45, 7) is 6.50. The first-order valence-electron chi connectivity index (χ1n) is 3.03. The largest absolute Gasteiger partial charge is 0.216 e. The smallest absolute Gasteiger partial charge is 0.170 e. The molecule has 0 aliphatic heterocycles. The number of nitrogens with zero attached hydrogens (tertiary/aromatic N) is 2. The van der Waals surface area contributed by atoms with Crippen molar-refractivity contribution in [2.24, 2.45) is 0 Å². The first-order chi connectivity index (χ1) is 4.58. The van der Waals surface area contributed by atoms with Gasteiger partial charge in [-0.15, -0.1) is 0 Å². The molecule has 2 nitrogen and oxygen atoms in total. The lowest BCUT2D eigenvalue weighted by Crippen LogP contribution is -2.06. The third kappa shape index (κ3) is 2.66. The monoisotopic (exact) mass is 174 g/mol. The van der Waals surface area contributed by atoms with Crippen LogP contribution in [-0.4, -0.2) is 14.1 Å². The molecule has 0 atom stereocenters. The van der Waals surface area contributed by atoms with Gasteiger partial charge in [0.2, 0.25) is 0 Å². The van der Waals surface area contributed by atoms with E-state index >= 15 is 0 Å². The van der Waals surface area contributed by atoms with Gasteiger partial charge in [-0.05, 0) is 11.5 Å². The van der Waals surface area contributed by atoms with Gasteiger partial charge in [0.05, 0.1) is 0 Å². The summed E-state index contributed by atoms with van der Waals surface area (Å²) in [6.07, 6.45) is 1.60. The van der Waals surface area contributed by atoms with E-state index < -0.39 is 0 Å². The highest BCUT2D eigenvalue weighted by Crippen LogP contribution is 2.31. The second kappa shape index (κ2) is 2.88. The third-order valence-electron chi connectivity index (χ3n) is 0.735. The van der Waals surface area contributed by atoms with E-state index in [2.05, 4.69) is 30.1 Å². The second-order valence-corrected chi connectivity index (χ2v) is 5.78. The van der Waals surface area contributed by atoms with Crippen LogP contribution in [0.1, 0.15) is 20.8 Å². The molecule has 0 N–H and O–H groups in total. The molecule has 0 saturated carbocycles. The Morgan fingerprint density at radius 3 is 2.60 bits per heavy atom. The highest BCUT2D eigenvalue weighted by Gasteiger charge is 2.13. The molecule has 1 rings (SSSR count). The molecule has 0 aliphatic rings. The molecule has 0 aliphatic carbocycles. The summed E-state index contributed by atoms with van der Waals surface area (Å²) >= 11 is 3.20. The van der Waals surface area contributed by atoms with Gasteiger partial charge in [-0.1, -0.05) is 32.5 Å². The minimum atomic E-state index is 0.250. The van der Waals surface area contributed by atoms with Crippen molar-refractivity contribution < 1.29 is 0 Å². The topological polar surface area (TPSA) is 25.8 Å². The summed E-state index contributed by atoms with van der Waals surface area (Å²) in [7, 11) is 0. The van der Waals surface area contributed by atoms with Crippen LogP contribution in [-0.2, 0) is 0 Å². The Balaban J connectivity index is 2.57. The van der Waals surface area contributed by atoms with Gasteiger partial charge in [0.1, 0.15) is 6.33 Å². The maximum atomic E-state index is 4.07. The van der Waals surface area contributed by atoms with Crippen molar-refractivity contribution in [2.45, 2.75) is 29.9 Å². The third-order valence-corrected chi connectivity index (χ3v) is 2.56. The van der Waals surface area contributed by atoms with Crippen LogP contribution in [0.3, 0.4) is 0 Å².